The zero-order valence-corrected chi connectivity index (χ0v) is 12.6. The first-order chi connectivity index (χ1) is 8.66. The molecule has 0 saturated carbocycles. The lowest BCUT2D eigenvalue weighted by atomic mass is 10.1. The number of hydrogen-bond acceptors (Lipinski definition) is 1. The van der Waals surface area contributed by atoms with E-state index in [1.165, 1.54) is 5.56 Å². The molecule has 0 saturated heterocycles. The Bertz CT molecular complexity index is 637. The zero-order chi connectivity index (χ0) is 12.7. The van der Waals surface area contributed by atoms with Gasteiger partial charge in [-0.05, 0) is 39.7 Å². The van der Waals surface area contributed by atoms with Gasteiger partial charge < -0.3 is 4.90 Å². The first-order valence-corrected chi connectivity index (χ1v) is 7.15. The van der Waals surface area contributed by atoms with Crippen LogP contribution < -0.4 is 4.90 Å². The first kappa shape index (κ1) is 11.9. The van der Waals surface area contributed by atoms with Gasteiger partial charge in [-0.3, -0.25) is 5.41 Å². The number of nitrogens with one attached hydrogen (secondary N) is 1. The van der Waals surface area contributed by atoms with Crippen LogP contribution in [0, 0.1) is 5.41 Å². The molecular weight excluding hydrogens is 356 g/mol. The second-order valence-electron chi connectivity index (χ2n) is 4.19. The standard InChI is InChI=1S/C14H10Br2N2/c15-10-5-6-12(16)13(7-10)18-8-9-3-1-2-4-11(9)14(18)17/h1-7,17H,8H2. The van der Waals surface area contributed by atoms with E-state index in [2.05, 4.69) is 37.9 Å². The van der Waals surface area contributed by atoms with Crippen LogP contribution >= 0.6 is 31.9 Å². The first-order valence-electron chi connectivity index (χ1n) is 5.56. The Morgan fingerprint density at radius 3 is 2.61 bits per heavy atom. The fraction of sp³-hybridized carbons (Fsp3) is 0.0714. The van der Waals surface area contributed by atoms with E-state index >= 15 is 0 Å². The van der Waals surface area contributed by atoms with Crippen molar-refractivity contribution in [1.29, 1.82) is 5.41 Å². The van der Waals surface area contributed by atoms with Crippen LogP contribution in [0.3, 0.4) is 0 Å². The van der Waals surface area contributed by atoms with Crippen LogP contribution in [0.2, 0.25) is 0 Å². The summed E-state index contributed by atoms with van der Waals surface area (Å²) < 4.78 is 2.02. The van der Waals surface area contributed by atoms with E-state index < -0.39 is 0 Å². The molecule has 0 radical (unpaired) electrons. The predicted molar refractivity (Wildman–Crippen MR) is 81.3 cm³/mol. The third-order valence-corrected chi connectivity index (χ3v) is 4.23. The van der Waals surface area contributed by atoms with Gasteiger partial charge >= 0.3 is 0 Å². The average Bonchev–Trinajstić information content (AvgIpc) is 2.71. The Balaban J connectivity index is 2.06. The van der Waals surface area contributed by atoms with Crippen LogP contribution in [0.15, 0.2) is 51.4 Å². The van der Waals surface area contributed by atoms with Crippen LogP contribution in [0.1, 0.15) is 11.1 Å². The molecule has 1 aliphatic rings. The second kappa shape index (κ2) is 4.52. The van der Waals surface area contributed by atoms with Gasteiger partial charge in [0.2, 0.25) is 0 Å². The highest BCUT2D eigenvalue weighted by atomic mass is 79.9. The molecule has 0 amide bonds. The molecule has 0 fully saturated rings. The molecule has 0 aromatic heterocycles. The summed E-state index contributed by atoms with van der Waals surface area (Å²) in [7, 11) is 0. The van der Waals surface area contributed by atoms with Gasteiger partial charge in [0.15, 0.2) is 0 Å². The molecule has 3 rings (SSSR count). The molecule has 4 heteroatoms. The molecule has 1 N–H and O–H groups in total. The van der Waals surface area contributed by atoms with Gasteiger partial charge in [-0.2, -0.15) is 0 Å². The van der Waals surface area contributed by atoms with Crippen molar-refractivity contribution in [1.82, 2.24) is 0 Å². The van der Waals surface area contributed by atoms with Crippen molar-refractivity contribution >= 4 is 43.4 Å². The monoisotopic (exact) mass is 364 g/mol. The Hall–Kier alpha value is -1.13. The molecular formula is C14H10Br2N2. The SMILES string of the molecule is N=C1c2ccccc2CN1c1cc(Br)ccc1Br. The highest BCUT2D eigenvalue weighted by molar-refractivity contribution is 9.11. The fourth-order valence-corrected chi connectivity index (χ4v) is 2.99. The van der Waals surface area contributed by atoms with Gasteiger partial charge in [-0.1, -0.05) is 40.2 Å². The van der Waals surface area contributed by atoms with Crippen molar-refractivity contribution in [3.8, 4) is 0 Å². The second-order valence-corrected chi connectivity index (χ2v) is 5.96. The zero-order valence-electron chi connectivity index (χ0n) is 9.45. The number of halogens is 2. The Labute approximate surface area is 122 Å². The van der Waals surface area contributed by atoms with Gasteiger partial charge in [0.25, 0.3) is 0 Å². The highest BCUT2D eigenvalue weighted by Gasteiger charge is 2.26. The average molecular weight is 366 g/mol. The van der Waals surface area contributed by atoms with Crippen molar-refractivity contribution in [2.75, 3.05) is 4.90 Å². The third-order valence-electron chi connectivity index (χ3n) is 3.07. The molecule has 2 aromatic rings. The topological polar surface area (TPSA) is 27.1 Å². The van der Waals surface area contributed by atoms with E-state index in [4.69, 9.17) is 5.41 Å². The smallest absolute Gasteiger partial charge is 0.133 e. The maximum atomic E-state index is 8.28. The molecule has 0 unspecified atom stereocenters. The summed E-state index contributed by atoms with van der Waals surface area (Å²) in [6, 6.07) is 14.1. The maximum Gasteiger partial charge on any atom is 0.133 e. The van der Waals surface area contributed by atoms with Crippen molar-refractivity contribution in [3.05, 3.63) is 62.5 Å². The minimum absolute atomic E-state index is 0.560. The molecule has 0 aliphatic carbocycles. The van der Waals surface area contributed by atoms with Crippen molar-refractivity contribution in [2.24, 2.45) is 0 Å². The van der Waals surface area contributed by atoms with E-state index in [1.807, 2.05) is 41.3 Å². The molecule has 0 atom stereocenters. The van der Waals surface area contributed by atoms with Gasteiger partial charge in [0.05, 0.1) is 12.2 Å². The minimum atomic E-state index is 0.560. The molecule has 1 heterocycles. The molecule has 2 aromatic carbocycles. The highest BCUT2D eigenvalue weighted by Crippen LogP contribution is 2.35. The molecule has 90 valence electrons. The van der Waals surface area contributed by atoms with E-state index in [0.29, 0.717) is 5.84 Å². The molecule has 1 aliphatic heterocycles. The van der Waals surface area contributed by atoms with Gasteiger partial charge in [-0.25, -0.2) is 0 Å². The Kier molecular flexibility index (Phi) is 2.99. The summed E-state index contributed by atoms with van der Waals surface area (Å²) in [6.45, 7) is 0.754. The summed E-state index contributed by atoms with van der Waals surface area (Å²) in [6.07, 6.45) is 0. The van der Waals surface area contributed by atoms with Crippen LogP contribution in [-0.4, -0.2) is 5.84 Å². The van der Waals surface area contributed by atoms with Crippen LogP contribution in [0.5, 0.6) is 0 Å². The minimum Gasteiger partial charge on any atom is -0.321 e. The molecule has 2 nitrogen and oxygen atoms in total. The van der Waals surface area contributed by atoms with Crippen molar-refractivity contribution < 1.29 is 0 Å². The summed E-state index contributed by atoms with van der Waals surface area (Å²) >= 11 is 7.03. The predicted octanol–water partition coefficient (Wildman–Crippen LogP) is 4.56. The van der Waals surface area contributed by atoms with E-state index in [9.17, 15) is 0 Å². The largest absolute Gasteiger partial charge is 0.321 e. The summed E-state index contributed by atoms with van der Waals surface area (Å²) in [5, 5.41) is 8.28. The van der Waals surface area contributed by atoms with Crippen molar-refractivity contribution in [2.45, 2.75) is 6.54 Å². The lowest BCUT2D eigenvalue weighted by Gasteiger charge is -2.19. The number of benzene rings is 2. The number of amidine groups is 1. The van der Waals surface area contributed by atoms with Gasteiger partial charge in [-0.15, -0.1) is 0 Å². The van der Waals surface area contributed by atoms with Gasteiger partial charge in [0, 0.05) is 14.5 Å². The number of rotatable bonds is 1. The number of hydrogen-bond donors (Lipinski definition) is 1. The Morgan fingerprint density at radius 2 is 1.83 bits per heavy atom. The number of fused-ring (bicyclic) bond motifs is 1. The lowest BCUT2D eigenvalue weighted by Crippen LogP contribution is -2.23. The van der Waals surface area contributed by atoms with Crippen LogP contribution in [0.25, 0.3) is 0 Å². The lowest BCUT2D eigenvalue weighted by molar-refractivity contribution is 1.04. The Morgan fingerprint density at radius 1 is 1.06 bits per heavy atom. The number of anilines is 1. The van der Waals surface area contributed by atoms with E-state index in [1.54, 1.807) is 0 Å². The molecule has 0 bridgehead atoms. The van der Waals surface area contributed by atoms with E-state index in [0.717, 1.165) is 26.7 Å². The maximum absolute atomic E-state index is 8.28. The van der Waals surface area contributed by atoms with Gasteiger partial charge in [0.1, 0.15) is 5.84 Å². The van der Waals surface area contributed by atoms with Crippen LogP contribution in [-0.2, 0) is 6.54 Å². The quantitative estimate of drug-likeness (QED) is 0.788. The normalized spacial score (nSPS) is 13.9. The summed E-state index contributed by atoms with van der Waals surface area (Å²) in [4.78, 5) is 2.01. The van der Waals surface area contributed by atoms with Crippen molar-refractivity contribution in [3.63, 3.8) is 0 Å². The number of nitrogens with zero attached hydrogens (tertiary/aromatic N) is 1. The fourth-order valence-electron chi connectivity index (χ4n) is 2.18. The third kappa shape index (κ3) is 1.89. The summed E-state index contributed by atoms with van der Waals surface area (Å²) in [5.41, 5.74) is 3.24. The summed E-state index contributed by atoms with van der Waals surface area (Å²) in [5.74, 6) is 0.560. The molecule has 18 heavy (non-hydrogen) atoms. The van der Waals surface area contributed by atoms with Crippen LogP contribution in [0.4, 0.5) is 5.69 Å². The molecule has 0 spiro atoms. The van der Waals surface area contributed by atoms with E-state index in [-0.39, 0.29) is 0 Å².